The van der Waals surface area contributed by atoms with Gasteiger partial charge in [0.15, 0.2) is 11.8 Å². The van der Waals surface area contributed by atoms with Crippen LogP contribution < -0.4 is 10.6 Å². The molecule has 0 aliphatic rings. The highest BCUT2D eigenvalue weighted by atomic mass is 15.3. The highest BCUT2D eigenvalue weighted by Crippen LogP contribution is 2.10. The second-order valence-electron chi connectivity index (χ2n) is 7.61. The molecule has 7 nitrogen and oxygen atoms in total. The standard InChI is InChI=1S/C24H33N7/c1-20-28-29-23(30(20)3)17-27-24(25-2)26-15-10-16-31(18-21-11-6-4-7-12-21)19-22-13-8-5-9-14-22/h4-9,11-14H,10,15-19H2,1-3H3,(H2,25,26,27). The van der Waals surface area contributed by atoms with E-state index in [4.69, 9.17) is 0 Å². The molecule has 7 heteroatoms. The summed E-state index contributed by atoms with van der Waals surface area (Å²) in [5, 5.41) is 15.0. The predicted octanol–water partition coefficient (Wildman–Crippen LogP) is 2.88. The maximum Gasteiger partial charge on any atom is 0.191 e. The fourth-order valence-corrected chi connectivity index (χ4v) is 3.40. The molecule has 0 aliphatic carbocycles. The van der Waals surface area contributed by atoms with E-state index in [1.165, 1.54) is 11.1 Å². The lowest BCUT2D eigenvalue weighted by atomic mass is 10.1. The van der Waals surface area contributed by atoms with Crippen LogP contribution in [0.15, 0.2) is 65.7 Å². The molecule has 0 unspecified atom stereocenters. The summed E-state index contributed by atoms with van der Waals surface area (Å²) < 4.78 is 1.98. The zero-order chi connectivity index (χ0) is 21.9. The van der Waals surface area contributed by atoms with Gasteiger partial charge in [-0.25, -0.2) is 0 Å². The molecule has 0 saturated carbocycles. The summed E-state index contributed by atoms with van der Waals surface area (Å²) in [4.78, 5) is 6.81. The molecule has 1 aromatic heterocycles. The Kier molecular flexibility index (Phi) is 8.60. The molecule has 0 saturated heterocycles. The van der Waals surface area contributed by atoms with Gasteiger partial charge in [0.1, 0.15) is 5.82 Å². The Morgan fingerprint density at radius 3 is 2.06 bits per heavy atom. The van der Waals surface area contributed by atoms with E-state index < -0.39 is 0 Å². The highest BCUT2D eigenvalue weighted by molar-refractivity contribution is 5.79. The Bertz CT molecular complexity index is 894. The Balaban J connectivity index is 1.47. The number of nitrogens with one attached hydrogen (secondary N) is 2. The van der Waals surface area contributed by atoms with E-state index in [1.54, 1.807) is 7.05 Å². The maximum absolute atomic E-state index is 4.32. The van der Waals surface area contributed by atoms with Crippen LogP contribution in [0, 0.1) is 6.92 Å². The van der Waals surface area contributed by atoms with Crippen molar-refractivity contribution in [1.29, 1.82) is 0 Å². The maximum atomic E-state index is 4.32. The van der Waals surface area contributed by atoms with Crippen molar-refractivity contribution in [3.63, 3.8) is 0 Å². The van der Waals surface area contributed by atoms with Crippen molar-refractivity contribution in [3.8, 4) is 0 Å². The van der Waals surface area contributed by atoms with Gasteiger partial charge in [-0.1, -0.05) is 60.7 Å². The summed E-state index contributed by atoms with van der Waals surface area (Å²) in [7, 11) is 3.75. The molecule has 0 atom stereocenters. The molecule has 0 fully saturated rings. The Labute approximate surface area is 185 Å². The lowest BCUT2D eigenvalue weighted by molar-refractivity contribution is 0.254. The van der Waals surface area contributed by atoms with E-state index in [0.717, 1.165) is 50.2 Å². The predicted molar refractivity (Wildman–Crippen MR) is 126 cm³/mol. The fourth-order valence-electron chi connectivity index (χ4n) is 3.40. The largest absolute Gasteiger partial charge is 0.356 e. The number of aromatic nitrogens is 3. The minimum absolute atomic E-state index is 0.588. The van der Waals surface area contributed by atoms with Crippen LogP contribution in [0.25, 0.3) is 0 Å². The van der Waals surface area contributed by atoms with Gasteiger partial charge in [-0.15, -0.1) is 10.2 Å². The number of aryl methyl sites for hydroxylation is 1. The quantitative estimate of drug-likeness (QED) is 0.300. The van der Waals surface area contributed by atoms with Crippen molar-refractivity contribution < 1.29 is 0 Å². The first-order valence-electron chi connectivity index (χ1n) is 10.8. The van der Waals surface area contributed by atoms with E-state index in [1.807, 2.05) is 18.5 Å². The van der Waals surface area contributed by atoms with Crippen LogP contribution in [0.1, 0.15) is 29.2 Å². The molecular formula is C24H33N7. The second-order valence-corrected chi connectivity index (χ2v) is 7.61. The van der Waals surface area contributed by atoms with Crippen molar-refractivity contribution in [1.82, 2.24) is 30.3 Å². The SMILES string of the molecule is CN=C(NCCCN(Cc1ccccc1)Cc1ccccc1)NCc1nnc(C)n1C. The molecule has 164 valence electrons. The summed E-state index contributed by atoms with van der Waals surface area (Å²) in [6.45, 7) is 6.25. The summed E-state index contributed by atoms with van der Waals surface area (Å²) in [5.41, 5.74) is 2.67. The molecule has 0 spiro atoms. The summed E-state index contributed by atoms with van der Waals surface area (Å²) in [6.07, 6.45) is 1.02. The third-order valence-corrected chi connectivity index (χ3v) is 5.26. The first-order valence-corrected chi connectivity index (χ1v) is 10.8. The molecule has 3 aromatic rings. The van der Waals surface area contributed by atoms with Crippen molar-refractivity contribution in [2.75, 3.05) is 20.1 Å². The van der Waals surface area contributed by atoms with Crippen molar-refractivity contribution in [2.45, 2.75) is 33.0 Å². The summed E-state index contributed by atoms with van der Waals surface area (Å²) in [6, 6.07) is 21.3. The molecule has 1 heterocycles. The Morgan fingerprint density at radius 2 is 1.55 bits per heavy atom. The zero-order valence-corrected chi connectivity index (χ0v) is 18.8. The molecule has 0 amide bonds. The van der Waals surface area contributed by atoms with Gasteiger partial charge in [0.2, 0.25) is 0 Å². The van der Waals surface area contributed by atoms with Crippen LogP contribution in [-0.2, 0) is 26.7 Å². The average molecular weight is 420 g/mol. The van der Waals surface area contributed by atoms with Crippen LogP contribution in [-0.4, -0.2) is 45.8 Å². The molecule has 3 rings (SSSR count). The number of aliphatic imine (C=N–C) groups is 1. The highest BCUT2D eigenvalue weighted by Gasteiger charge is 2.08. The van der Waals surface area contributed by atoms with Gasteiger partial charge in [-0.3, -0.25) is 9.89 Å². The smallest absolute Gasteiger partial charge is 0.191 e. The number of benzene rings is 2. The monoisotopic (exact) mass is 419 g/mol. The third kappa shape index (κ3) is 7.22. The first kappa shape index (κ1) is 22.5. The van der Waals surface area contributed by atoms with E-state index in [-0.39, 0.29) is 0 Å². The van der Waals surface area contributed by atoms with Crippen LogP contribution in [0.4, 0.5) is 0 Å². The van der Waals surface area contributed by atoms with Gasteiger partial charge >= 0.3 is 0 Å². The molecule has 31 heavy (non-hydrogen) atoms. The fraction of sp³-hybridized carbons (Fsp3) is 0.375. The van der Waals surface area contributed by atoms with Crippen molar-refractivity contribution in [3.05, 3.63) is 83.4 Å². The molecule has 0 bridgehead atoms. The van der Waals surface area contributed by atoms with E-state index in [0.29, 0.717) is 6.54 Å². The van der Waals surface area contributed by atoms with E-state index in [2.05, 4.69) is 91.4 Å². The molecule has 0 aliphatic heterocycles. The minimum atomic E-state index is 0.588. The lowest BCUT2D eigenvalue weighted by Crippen LogP contribution is -2.38. The van der Waals surface area contributed by atoms with Crippen LogP contribution in [0.5, 0.6) is 0 Å². The van der Waals surface area contributed by atoms with Gasteiger partial charge in [0, 0.05) is 40.3 Å². The van der Waals surface area contributed by atoms with Crippen molar-refractivity contribution in [2.24, 2.45) is 12.0 Å². The Morgan fingerprint density at radius 1 is 0.935 bits per heavy atom. The van der Waals surface area contributed by atoms with Gasteiger partial charge in [0.25, 0.3) is 0 Å². The zero-order valence-electron chi connectivity index (χ0n) is 18.8. The van der Waals surface area contributed by atoms with Crippen molar-refractivity contribution >= 4 is 5.96 Å². The Hall–Kier alpha value is -3.19. The normalized spacial score (nSPS) is 11.7. The molecular weight excluding hydrogens is 386 g/mol. The first-order chi connectivity index (χ1) is 15.2. The van der Waals surface area contributed by atoms with Gasteiger partial charge in [-0.05, 0) is 24.5 Å². The van der Waals surface area contributed by atoms with Crippen LogP contribution in [0.2, 0.25) is 0 Å². The average Bonchev–Trinajstić information content (AvgIpc) is 3.12. The van der Waals surface area contributed by atoms with Gasteiger partial charge < -0.3 is 15.2 Å². The topological polar surface area (TPSA) is 70.4 Å². The second kappa shape index (κ2) is 11.9. The number of hydrogen-bond donors (Lipinski definition) is 2. The number of guanidine groups is 1. The summed E-state index contributed by atoms with van der Waals surface area (Å²) in [5.74, 6) is 2.56. The number of nitrogens with zero attached hydrogens (tertiary/aromatic N) is 5. The van der Waals surface area contributed by atoms with Gasteiger partial charge in [0.05, 0.1) is 6.54 Å². The lowest BCUT2D eigenvalue weighted by Gasteiger charge is -2.23. The van der Waals surface area contributed by atoms with Crippen LogP contribution >= 0.6 is 0 Å². The van der Waals surface area contributed by atoms with Gasteiger partial charge in [-0.2, -0.15) is 0 Å². The number of rotatable bonds is 10. The third-order valence-electron chi connectivity index (χ3n) is 5.26. The molecule has 0 radical (unpaired) electrons. The van der Waals surface area contributed by atoms with Crippen LogP contribution in [0.3, 0.4) is 0 Å². The summed E-state index contributed by atoms with van der Waals surface area (Å²) >= 11 is 0. The minimum Gasteiger partial charge on any atom is -0.356 e. The van der Waals surface area contributed by atoms with E-state index in [9.17, 15) is 0 Å². The van der Waals surface area contributed by atoms with E-state index >= 15 is 0 Å². The molecule has 2 N–H and O–H groups in total. The number of hydrogen-bond acceptors (Lipinski definition) is 4. The molecule has 2 aromatic carbocycles.